The van der Waals surface area contributed by atoms with Crippen molar-refractivity contribution >= 4 is 5.91 Å². The highest BCUT2D eigenvalue weighted by molar-refractivity contribution is 5.81. The molecule has 2 N–H and O–H groups in total. The van der Waals surface area contributed by atoms with Gasteiger partial charge in [-0.15, -0.1) is 0 Å². The first kappa shape index (κ1) is 11.9. The van der Waals surface area contributed by atoms with Gasteiger partial charge in [0.05, 0.1) is 6.04 Å². The zero-order valence-electron chi connectivity index (χ0n) is 10.6. The van der Waals surface area contributed by atoms with E-state index in [4.69, 9.17) is 0 Å². The van der Waals surface area contributed by atoms with Crippen LogP contribution >= 0.6 is 0 Å². The molecule has 0 radical (unpaired) electrons. The van der Waals surface area contributed by atoms with Crippen molar-refractivity contribution in [3.63, 3.8) is 0 Å². The van der Waals surface area contributed by atoms with Crippen LogP contribution < -0.4 is 10.6 Å². The summed E-state index contributed by atoms with van der Waals surface area (Å²) in [5.74, 6) is 1.82. The van der Waals surface area contributed by atoms with E-state index in [2.05, 4.69) is 24.5 Å². The summed E-state index contributed by atoms with van der Waals surface area (Å²) < 4.78 is 0. The van der Waals surface area contributed by atoms with Crippen LogP contribution in [0.2, 0.25) is 0 Å². The van der Waals surface area contributed by atoms with Gasteiger partial charge >= 0.3 is 0 Å². The molecule has 0 aromatic rings. The molecule has 2 aliphatic carbocycles. The first-order valence-corrected chi connectivity index (χ1v) is 6.62. The predicted octanol–water partition coefficient (Wildman–Crippen LogP) is 1.68. The zero-order chi connectivity index (χ0) is 11.7. The Hall–Kier alpha value is -0.570. The molecule has 0 bridgehead atoms. The molecule has 1 unspecified atom stereocenters. The van der Waals surface area contributed by atoms with Crippen molar-refractivity contribution in [2.75, 3.05) is 0 Å². The maximum Gasteiger partial charge on any atom is 0.237 e. The lowest BCUT2D eigenvalue weighted by Gasteiger charge is -2.39. The average molecular weight is 224 g/mol. The van der Waals surface area contributed by atoms with Gasteiger partial charge in [-0.05, 0) is 44.4 Å². The van der Waals surface area contributed by atoms with Gasteiger partial charge in [-0.3, -0.25) is 4.79 Å². The Morgan fingerprint density at radius 3 is 2.25 bits per heavy atom. The number of carbonyl (C=O) groups is 1. The topological polar surface area (TPSA) is 41.1 Å². The molecule has 1 atom stereocenters. The normalized spacial score (nSPS) is 31.0. The Kier molecular flexibility index (Phi) is 3.53. The number of hydrogen-bond donors (Lipinski definition) is 2. The van der Waals surface area contributed by atoms with Crippen LogP contribution in [-0.4, -0.2) is 24.0 Å². The van der Waals surface area contributed by atoms with Crippen LogP contribution in [0.1, 0.15) is 46.5 Å². The molecule has 92 valence electrons. The molecule has 2 saturated carbocycles. The minimum atomic E-state index is -0.0290. The van der Waals surface area contributed by atoms with Gasteiger partial charge in [0.2, 0.25) is 5.91 Å². The minimum Gasteiger partial charge on any atom is -0.352 e. The Bertz CT molecular complexity index is 255. The highest BCUT2D eigenvalue weighted by Crippen LogP contribution is 2.33. The van der Waals surface area contributed by atoms with Crippen molar-refractivity contribution in [2.45, 2.75) is 64.6 Å². The van der Waals surface area contributed by atoms with Crippen molar-refractivity contribution in [3.05, 3.63) is 0 Å². The minimum absolute atomic E-state index is 0.0290. The molecule has 0 aromatic heterocycles. The molecule has 0 saturated heterocycles. The quantitative estimate of drug-likeness (QED) is 0.746. The lowest BCUT2D eigenvalue weighted by Crippen LogP contribution is -2.52. The van der Waals surface area contributed by atoms with Crippen LogP contribution in [0.5, 0.6) is 0 Å². The summed E-state index contributed by atoms with van der Waals surface area (Å²) in [6.07, 6.45) is 4.80. The molecule has 0 aromatic carbocycles. The third-order valence-corrected chi connectivity index (χ3v) is 3.92. The Morgan fingerprint density at radius 1 is 1.12 bits per heavy atom. The van der Waals surface area contributed by atoms with Gasteiger partial charge in [0.1, 0.15) is 0 Å². The van der Waals surface area contributed by atoms with Crippen LogP contribution in [0.3, 0.4) is 0 Å². The molecule has 1 amide bonds. The summed E-state index contributed by atoms with van der Waals surface area (Å²) in [6.45, 7) is 6.54. The van der Waals surface area contributed by atoms with Crippen molar-refractivity contribution in [2.24, 2.45) is 11.8 Å². The SMILES string of the molecule is CC(NC1CC(C(C)C)C1)C(=O)NC1CC1. The van der Waals surface area contributed by atoms with Gasteiger partial charge in [0.25, 0.3) is 0 Å². The lowest BCUT2D eigenvalue weighted by atomic mass is 9.73. The van der Waals surface area contributed by atoms with E-state index in [1.807, 2.05) is 6.92 Å². The highest BCUT2D eigenvalue weighted by atomic mass is 16.2. The third kappa shape index (κ3) is 2.97. The van der Waals surface area contributed by atoms with Crippen LogP contribution in [0.15, 0.2) is 0 Å². The third-order valence-electron chi connectivity index (χ3n) is 3.92. The molecular formula is C13H24N2O. The van der Waals surface area contributed by atoms with E-state index in [-0.39, 0.29) is 11.9 Å². The van der Waals surface area contributed by atoms with Crippen LogP contribution in [-0.2, 0) is 4.79 Å². The van der Waals surface area contributed by atoms with Crippen molar-refractivity contribution in [3.8, 4) is 0 Å². The number of nitrogens with one attached hydrogen (secondary N) is 2. The monoisotopic (exact) mass is 224 g/mol. The van der Waals surface area contributed by atoms with Crippen molar-refractivity contribution < 1.29 is 4.79 Å². The van der Waals surface area contributed by atoms with Crippen LogP contribution in [0.25, 0.3) is 0 Å². The van der Waals surface area contributed by atoms with Gasteiger partial charge in [-0.1, -0.05) is 13.8 Å². The Morgan fingerprint density at radius 2 is 1.75 bits per heavy atom. The zero-order valence-corrected chi connectivity index (χ0v) is 10.6. The summed E-state index contributed by atoms with van der Waals surface area (Å²) in [7, 11) is 0. The molecule has 0 aliphatic heterocycles. The maximum absolute atomic E-state index is 11.7. The summed E-state index contributed by atoms with van der Waals surface area (Å²) >= 11 is 0. The first-order chi connectivity index (χ1) is 7.56. The Labute approximate surface area is 98.4 Å². The van der Waals surface area contributed by atoms with Gasteiger partial charge in [-0.2, -0.15) is 0 Å². The fourth-order valence-electron chi connectivity index (χ4n) is 2.33. The number of hydrogen-bond acceptors (Lipinski definition) is 2. The van der Waals surface area contributed by atoms with E-state index in [1.165, 1.54) is 12.8 Å². The number of amides is 1. The molecule has 2 fully saturated rings. The highest BCUT2D eigenvalue weighted by Gasteiger charge is 2.33. The van der Waals surface area contributed by atoms with E-state index in [0.29, 0.717) is 12.1 Å². The van der Waals surface area contributed by atoms with E-state index < -0.39 is 0 Å². The van der Waals surface area contributed by atoms with Gasteiger partial charge in [-0.25, -0.2) is 0 Å². The van der Waals surface area contributed by atoms with Gasteiger partial charge in [0.15, 0.2) is 0 Å². The number of rotatable bonds is 5. The standard InChI is InChI=1S/C13H24N2O/c1-8(2)10-6-12(7-10)14-9(3)13(16)15-11-4-5-11/h8-12,14H,4-7H2,1-3H3,(H,15,16). The van der Waals surface area contributed by atoms with Crippen molar-refractivity contribution in [1.82, 2.24) is 10.6 Å². The second-order valence-electron chi connectivity index (χ2n) is 5.84. The smallest absolute Gasteiger partial charge is 0.237 e. The molecule has 3 nitrogen and oxygen atoms in total. The van der Waals surface area contributed by atoms with Crippen LogP contribution in [0, 0.1) is 11.8 Å². The molecule has 2 aliphatic rings. The number of carbonyl (C=O) groups excluding carboxylic acids is 1. The molecular weight excluding hydrogens is 200 g/mol. The molecule has 0 spiro atoms. The fourth-order valence-corrected chi connectivity index (χ4v) is 2.33. The largest absolute Gasteiger partial charge is 0.352 e. The summed E-state index contributed by atoms with van der Waals surface area (Å²) in [6, 6.07) is 1.01. The van der Waals surface area contributed by atoms with E-state index in [9.17, 15) is 4.79 Å². The van der Waals surface area contributed by atoms with Crippen molar-refractivity contribution in [1.29, 1.82) is 0 Å². The molecule has 16 heavy (non-hydrogen) atoms. The molecule has 3 heteroatoms. The van der Waals surface area contributed by atoms with E-state index >= 15 is 0 Å². The first-order valence-electron chi connectivity index (χ1n) is 6.62. The van der Waals surface area contributed by atoms with E-state index in [0.717, 1.165) is 24.7 Å². The maximum atomic E-state index is 11.7. The summed E-state index contributed by atoms with van der Waals surface area (Å²) in [4.78, 5) is 11.7. The summed E-state index contributed by atoms with van der Waals surface area (Å²) in [5, 5.41) is 6.46. The Balaban J connectivity index is 1.64. The summed E-state index contributed by atoms with van der Waals surface area (Å²) in [5.41, 5.74) is 0. The van der Waals surface area contributed by atoms with Crippen LogP contribution in [0.4, 0.5) is 0 Å². The average Bonchev–Trinajstić information content (AvgIpc) is 2.92. The second kappa shape index (κ2) is 4.74. The fraction of sp³-hybridized carbons (Fsp3) is 0.923. The van der Waals surface area contributed by atoms with Gasteiger partial charge in [0, 0.05) is 12.1 Å². The lowest BCUT2D eigenvalue weighted by molar-refractivity contribution is -0.123. The predicted molar refractivity (Wildman–Crippen MR) is 65.1 cm³/mol. The molecule has 2 rings (SSSR count). The second-order valence-corrected chi connectivity index (χ2v) is 5.84. The van der Waals surface area contributed by atoms with E-state index in [1.54, 1.807) is 0 Å². The molecule has 0 heterocycles. The van der Waals surface area contributed by atoms with Gasteiger partial charge < -0.3 is 10.6 Å².